The molecule has 2 heterocycles. The van der Waals surface area contributed by atoms with E-state index in [1.807, 2.05) is 18.2 Å². The fraction of sp³-hybridized carbons (Fsp3) is 0.200. The minimum absolute atomic E-state index is 0.119. The second-order valence-electron chi connectivity index (χ2n) is 6.17. The molecule has 0 radical (unpaired) electrons. The highest BCUT2D eigenvalue weighted by Gasteiger charge is 2.27. The van der Waals surface area contributed by atoms with Crippen molar-refractivity contribution in [3.63, 3.8) is 0 Å². The molecule has 1 saturated heterocycles. The Kier molecular flexibility index (Phi) is 4.83. The van der Waals surface area contributed by atoms with Gasteiger partial charge in [0.05, 0.1) is 13.2 Å². The molecule has 138 valence electrons. The maximum atomic E-state index is 13.0. The smallest absolute Gasteiger partial charge is 0.291 e. The van der Waals surface area contributed by atoms with E-state index < -0.39 is 0 Å². The van der Waals surface area contributed by atoms with Crippen LogP contribution in [-0.4, -0.2) is 43.0 Å². The zero-order chi connectivity index (χ0) is 18.8. The van der Waals surface area contributed by atoms with Gasteiger partial charge in [0.2, 0.25) is 5.76 Å². The van der Waals surface area contributed by atoms with Crippen LogP contribution in [0.25, 0.3) is 11.0 Å². The molecular formula is C20H17ClN2O4. The van der Waals surface area contributed by atoms with Gasteiger partial charge in [-0.15, -0.1) is 0 Å². The van der Waals surface area contributed by atoms with Crippen LogP contribution in [0, 0.1) is 0 Å². The van der Waals surface area contributed by atoms with Crippen LogP contribution in [0.3, 0.4) is 0 Å². The van der Waals surface area contributed by atoms with Crippen LogP contribution < -0.4 is 5.32 Å². The Labute approximate surface area is 160 Å². The Balaban J connectivity index is 1.72. The molecule has 1 fully saturated rings. The Hall–Kier alpha value is -2.83. The largest absolute Gasteiger partial charge is 0.449 e. The fourth-order valence-corrected chi connectivity index (χ4v) is 3.24. The molecule has 2 aromatic carbocycles. The summed E-state index contributed by atoms with van der Waals surface area (Å²) in [5, 5.41) is 3.96. The lowest BCUT2D eigenvalue weighted by Gasteiger charge is -2.26. The number of hydrogen-bond donors (Lipinski definition) is 1. The highest BCUT2D eigenvalue weighted by molar-refractivity contribution is 6.31. The molecule has 0 spiro atoms. The molecule has 1 N–H and O–H groups in total. The lowest BCUT2D eigenvalue weighted by Crippen LogP contribution is -2.40. The predicted octanol–water partition coefficient (Wildman–Crippen LogP) is 3.81. The summed E-state index contributed by atoms with van der Waals surface area (Å²) in [4.78, 5) is 27.3. The van der Waals surface area contributed by atoms with Crippen molar-refractivity contribution >= 4 is 40.1 Å². The number of carbonyl (C=O) groups excluding carboxylic acids is 2. The number of nitrogens with zero attached hydrogens (tertiary/aromatic N) is 1. The Morgan fingerprint density at radius 1 is 1.04 bits per heavy atom. The number of amides is 2. The highest BCUT2D eigenvalue weighted by Crippen LogP contribution is 2.32. The molecule has 27 heavy (non-hydrogen) atoms. The number of fused-ring (bicyclic) bond motifs is 1. The summed E-state index contributed by atoms with van der Waals surface area (Å²) in [6.07, 6.45) is 0. The van der Waals surface area contributed by atoms with E-state index >= 15 is 0 Å². The SMILES string of the molecule is O=C(Nc1c(C(=O)N2CCOCC2)oc2ccccc12)c1cccc(Cl)c1. The number of morpholine rings is 1. The first-order valence-electron chi connectivity index (χ1n) is 8.59. The number of furan rings is 1. The van der Waals surface area contributed by atoms with Gasteiger partial charge in [0, 0.05) is 29.1 Å². The van der Waals surface area contributed by atoms with Crippen molar-refractivity contribution in [2.24, 2.45) is 0 Å². The van der Waals surface area contributed by atoms with Crippen LogP contribution in [0.5, 0.6) is 0 Å². The van der Waals surface area contributed by atoms with Gasteiger partial charge in [-0.25, -0.2) is 0 Å². The summed E-state index contributed by atoms with van der Waals surface area (Å²) >= 11 is 5.98. The molecular weight excluding hydrogens is 368 g/mol. The molecule has 6 nitrogen and oxygen atoms in total. The Morgan fingerprint density at radius 3 is 2.59 bits per heavy atom. The summed E-state index contributed by atoms with van der Waals surface area (Å²) in [5.41, 5.74) is 1.31. The standard InChI is InChI=1S/C20H17ClN2O4/c21-14-5-3-4-13(12-14)19(24)22-17-15-6-1-2-7-16(15)27-18(17)20(25)23-8-10-26-11-9-23/h1-7,12H,8-11H2,(H,22,24). The van der Waals surface area contributed by atoms with Crippen molar-refractivity contribution in [2.75, 3.05) is 31.6 Å². The lowest BCUT2D eigenvalue weighted by molar-refractivity contribution is 0.0285. The van der Waals surface area contributed by atoms with Crippen molar-refractivity contribution in [2.45, 2.75) is 0 Å². The average molecular weight is 385 g/mol. The maximum absolute atomic E-state index is 13.0. The number of nitrogens with one attached hydrogen (secondary N) is 1. The molecule has 2 amide bonds. The molecule has 3 aromatic rings. The summed E-state index contributed by atoms with van der Waals surface area (Å²) in [6, 6.07) is 13.8. The predicted molar refractivity (Wildman–Crippen MR) is 102 cm³/mol. The molecule has 0 saturated carbocycles. The molecule has 1 aromatic heterocycles. The van der Waals surface area contributed by atoms with Gasteiger partial charge < -0.3 is 19.4 Å². The third-order valence-corrected chi connectivity index (χ3v) is 4.65. The highest BCUT2D eigenvalue weighted by atomic mass is 35.5. The third-order valence-electron chi connectivity index (χ3n) is 4.41. The van der Waals surface area contributed by atoms with Crippen LogP contribution in [-0.2, 0) is 4.74 Å². The number of anilines is 1. The molecule has 7 heteroatoms. The molecule has 0 aliphatic carbocycles. The second kappa shape index (κ2) is 7.42. The zero-order valence-corrected chi connectivity index (χ0v) is 15.2. The van der Waals surface area contributed by atoms with E-state index in [0.717, 1.165) is 0 Å². The minimum Gasteiger partial charge on any atom is -0.449 e. The van der Waals surface area contributed by atoms with Crippen molar-refractivity contribution < 1.29 is 18.7 Å². The van der Waals surface area contributed by atoms with Crippen LogP contribution >= 0.6 is 11.6 Å². The summed E-state index contributed by atoms with van der Waals surface area (Å²) in [5.74, 6) is -0.510. The first-order valence-corrected chi connectivity index (χ1v) is 8.97. The zero-order valence-electron chi connectivity index (χ0n) is 14.4. The monoisotopic (exact) mass is 384 g/mol. The van der Waals surface area contributed by atoms with E-state index in [1.165, 1.54) is 0 Å². The molecule has 0 atom stereocenters. The van der Waals surface area contributed by atoms with Gasteiger partial charge in [-0.1, -0.05) is 29.8 Å². The van der Waals surface area contributed by atoms with Crippen molar-refractivity contribution in [3.05, 3.63) is 64.9 Å². The number of benzene rings is 2. The van der Waals surface area contributed by atoms with Crippen molar-refractivity contribution in [3.8, 4) is 0 Å². The molecule has 1 aliphatic rings. The van der Waals surface area contributed by atoms with Gasteiger partial charge >= 0.3 is 0 Å². The lowest BCUT2D eigenvalue weighted by atomic mass is 10.1. The van der Waals surface area contributed by atoms with E-state index in [-0.39, 0.29) is 17.6 Å². The van der Waals surface area contributed by atoms with Gasteiger partial charge in [0.1, 0.15) is 11.3 Å². The van der Waals surface area contributed by atoms with Gasteiger partial charge in [0.15, 0.2) is 0 Å². The van der Waals surface area contributed by atoms with E-state index in [9.17, 15) is 9.59 Å². The van der Waals surface area contributed by atoms with Crippen molar-refractivity contribution in [1.82, 2.24) is 4.90 Å². The number of para-hydroxylation sites is 1. The quantitative estimate of drug-likeness (QED) is 0.745. The van der Waals surface area contributed by atoms with Crippen LogP contribution in [0.1, 0.15) is 20.9 Å². The first kappa shape index (κ1) is 17.6. The van der Waals surface area contributed by atoms with Gasteiger partial charge in [-0.05, 0) is 30.3 Å². The number of carbonyl (C=O) groups is 2. The van der Waals surface area contributed by atoms with Crippen LogP contribution in [0.2, 0.25) is 5.02 Å². The molecule has 1 aliphatic heterocycles. The molecule has 0 bridgehead atoms. The van der Waals surface area contributed by atoms with E-state index in [4.69, 9.17) is 20.8 Å². The molecule has 4 rings (SSSR count). The van der Waals surface area contributed by atoms with Crippen molar-refractivity contribution in [1.29, 1.82) is 0 Å². The molecule has 0 unspecified atom stereocenters. The van der Waals surface area contributed by atoms with Gasteiger partial charge in [0.25, 0.3) is 11.8 Å². The summed E-state index contributed by atoms with van der Waals surface area (Å²) in [7, 11) is 0. The summed E-state index contributed by atoms with van der Waals surface area (Å²) in [6.45, 7) is 1.93. The number of ether oxygens (including phenoxy) is 1. The number of halogens is 1. The van der Waals surface area contributed by atoms with Gasteiger partial charge in [-0.2, -0.15) is 0 Å². The second-order valence-corrected chi connectivity index (χ2v) is 6.61. The fourth-order valence-electron chi connectivity index (χ4n) is 3.05. The first-order chi connectivity index (χ1) is 13.1. The average Bonchev–Trinajstić information content (AvgIpc) is 3.06. The normalized spacial score (nSPS) is 14.3. The number of hydrogen-bond acceptors (Lipinski definition) is 4. The summed E-state index contributed by atoms with van der Waals surface area (Å²) < 4.78 is 11.1. The van der Waals surface area contributed by atoms with Crippen LogP contribution in [0.15, 0.2) is 52.9 Å². The van der Waals surface area contributed by atoms with E-state index in [0.29, 0.717) is 53.5 Å². The van der Waals surface area contributed by atoms with E-state index in [2.05, 4.69) is 5.32 Å². The topological polar surface area (TPSA) is 71.8 Å². The Morgan fingerprint density at radius 2 is 1.81 bits per heavy atom. The Bertz CT molecular complexity index is 1010. The third kappa shape index (κ3) is 3.54. The van der Waals surface area contributed by atoms with Gasteiger partial charge in [-0.3, -0.25) is 9.59 Å². The number of rotatable bonds is 3. The van der Waals surface area contributed by atoms with E-state index in [1.54, 1.807) is 35.2 Å². The van der Waals surface area contributed by atoms with Crippen LogP contribution in [0.4, 0.5) is 5.69 Å². The maximum Gasteiger partial charge on any atom is 0.291 e. The minimum atomic E-state index is -0.361.